The fraction of sp³-hybridized carbons (Fsp3) is 0.467. The van der Waals surface area contributed by atoms with E-state index in [2.05, 4.69) is 15.0 Å². The molecule has 1 aromatic carbocycles. The normalized spacial score (nSPS) is 18.7. The van der Waals surface area contributed by atoms with Gasteiger partial charge in [0, 0.05) is 13.2 Å². The topological polar surface area (TPSA) is 71.6 Å². The fourth-order valence-corrected chi connectivity index (χ4v) is 2.49. The molecular formula is C15H18FN3O3. The molecule has 1 unspecified atom stereocenters. The highest BCUT2D eigenvalue weighted by molar-refractivity contribution is 5.22. The molecule has 1 N–H and O–H groups in total. The Morgan fingerprint density at radius 3 is 2.91 bits per heavy atom. The Morgan fingerprint density at radius 2 is 2.18 bits per heavy atom. The zero-order valence-electron chi connectivity index (χ0n) is 12.1. The van der Waals surface area contributed by atoms with Gasteiger partial charge in [-0.3, -0.25) is 4.90 Å². The minimum absolute atomic E-state index is 0.175. The maximum atomic E-state index is 12.8. The zero-order chi connectivity index (χ0) is 15.4. The summed E-state index contributed by atoms with van der Waals surface area (Å²) in [6, 6.07) is 5.77. The smallest absolute Gasteiger partial charge is 0.240 e. The summed E-state index contributed by atoms with van der Waals surface area (Å²) in [5.74, 6) is 1.58. The molecular weight excluding hydrogens is 289 g/mol. The lowest BCUT2D eigenvalue weighted by Crippen LogP contribution is -2.21. The van der Waals surface area contributed by atoms with Crippen molar-refractivity contribution in [1.29, 1.82) is 0 Å². The van der Waals surface area contributed by atoms with E-state index in [-0.39, 0.29) is 19.0 Å². The molecule has 1 saturated heterocycles. The van der Waals surface area contributed by atoms with E-state index in [4.69, 9.17) is 14.4 Å². The van der Waals surface area contributed by atoms with E-state index in [0.717, 1.165) is 19.5 Å². The van der Waals surface area contributed by atoms with Crippen LogP contribution in [0.5, 0.6) is 5.75 Å². The molecule has 0 saturated carbocycles. The van der Waals surface area contributed by atoms with Crippen LogP contribution < -0.4 is 4.74 Å². The quantitative estimate of drug-likeness (QED) is 0.874. The van der Waals surface area contributed by atoms with Gasteiger partial charge in [0.2, 0.25) is 11.7 Å². The Labute approximate surface area is 127 Å². The van der Waals surface area contributed by atoms with Crippen LogP contribution in [-0.4, -0.2) is 39.8 Å². The number of likely N-dealkylation sites (tertiary alicyclic amines) is 1. The first-order valence-electron chi connectivity index (χ1n) is 7.26. The largest absolute Gasteiger partial charge is 0.485 e. The van der Waals surface area contributed by atoms with Crippen LogP contribution in [0.1, 0.15) is 18.1 Å². The Balaban J connectivity index is 1.50. The van der Waals surface area contributed by atoms with Crippen molar-refractivity contribution < 1.29 is 18.8 Å². The molecule has 3 rings (SSSR count). The lowest BCUT2D eigenvalue weighted by Gasteiger charge is -2.11. The highest BCUT2D eigenvalue weighted by atomic mass is 19.1. The van der Waals surface area contributed by atoms with Gasteiger partial charge in [-0.25, -0.2) is 4.39 Å². The van der Waals surface area contributed by atoms with E-state index in [1.807, 2.05) is 0 Å². The Bertz CT molecular complexity index is 602. The summed E-state index contributed by atoms with van der Waals surface area (Å²) < 4.78 is 23.4. The molecule has 6 nitrogen and oxygen atoms in total. The number of hydrogen-bond donors (Lipinski definition) is 1. The van der Waals surface area contributed by atoms with Gasteiger partial charge in [0.25, 0.3) is 0 Å². The van der Waals surface area contributed by atoms with Gasteiger partial charge in [-0.1, -0.05) is 5.16 Å². The number of hydrogen-bond acceptors (Lipinski definition) is 6. The Kier molecular flexibility index (Phi) is 4.65. The van der Waals surface area contributed by atoms with Gasteiger partial charge < -0.3 is 14.4 Å². The Morgan fingerprint density at radius 1 is 1.36 bits per heavy atom. The SMILES string of the molecule is OCC1CCN(Cc2nc(COc3ccc(F)cc3)no2)C1. The van der Waals surface area contributed by atoms with E-state index in [1.165, 1.54) is 12.1 Å². The summed E-state index contributed by atoms with van der Waals surface area (Å²) >= 11 is 0. The molecule has 2 aromatic rings. The lowest BCUT2D eigenvalue weighted by molar-refractivity contribution is 0.211. The van der Waals surface area contributed by atoms with Crippen molar-refractivity contribution in [3.63, 3.8) is 0 Å². The molecule has 2 heterocycles. The zero-order valence-corrected chi connectivity index (χ0v) is 12.1. The highest BCUT2D eigenvalue weighted by Crippen LogP contribution is 2.18. The number of ether oxygens (including phenoxy) is 1. The molecule has 1 fully saturated rings. The minimum atomic E-state index is -0.305. The van der Waals surface area contributed by atoms with Crippen molar-refractivity contribution in [2.75, 3.05) is 19.7 Å². The Hall–Kier alpha value is -1.99. The lowest BCUT2D eigenvalue weighted by atomic mass is 10.1. The summed E-state index contributed by atoms with van der Waals surface area (Å²) in [4.78, 5) is 6.46. The molecule has 0 spiro atoms. The average Bonchev–Trinajstić information content (AvgIpc) is 3.16. The summed E-state index contributed by atoms with van der Waals surface area (Å²) in [5.41, 5.74) is 0. The van der Waals surface area contributed by atoms with Crippen molar-refractivity contribution >= 4 is 0 Å². The first-order chi connectivity index (χ1) is 10.7. The van der Waals surface area contributed by atoms with Crippen molar-refractivity contribution in [2.24, 2.45) is 5.92 Å². The van der Waals surface area contributed by atoms with E-state index >= 15 is 0 Å². The van der Waals surface area contributed by atoms with Gasteiger partial charge >= 0.3 is 0 Å². The van der Waals surface area contributed by atoms with Crippen LogP contribution in [0.2, 0.25) is 0 Å². The summed E-state index contributed by atoms with van der Waals surface area (Å²) in [6.07, 6.45) is 0.991. The second kappa shape index (κ2) is 6.85. The fourth-order valence-electron chi connectivity index (χ4n) is 2.49. The maximum Gasteiger partial charge on any atom is 0.240 e. The average molecular weight is 307 g/mol. The molecule has 1 atom stereocenters. The standard InChI is InChI=1S/C15H18FN3O3/c16-12-1-3-13(4-2-12)21-10-14-17-15(22-18-14)8-19-6-5-11(7-19)9-20/h1-4,11,20H,5-10H2. The van der Waals surface area contributed by atoms with E-state index in [1.54, 1.807) is 12.1 Å². The van der Waals surface area contributed by atoms with Gasteiger partial charge in [-0.05, 0) is 43.1 Å². The second-order valence-corrected chi connectivity index (χ2v) is 5.42. The molecule has 1 aliphatic rings. The molecule has 118 valence electrons. The summed E-state index contributed by atoms with van der Waals surface area (Å²) in [5, 5.41) is 13.0. The predicted octanol–water partition coefficient (Wildman–Crippen LogP) is 1.60. The van der Waals surface area contributed by atoms with Crippen LogP contribution in [0.3, 0.4) is 0 Å². The number of aromatic nitrogens is 2. The van der Waals surface area contributed by atoms with Crippen LogP contribution in [0.15, 0.2) is 28.8 Å². The molecule has 0 amide bonds. The van der Waals surface area contributed by atoms with E-state index < -0.39 is 0 Å². The van der Waals surface area contributed by atoms with Gasteiger partial charge in [0.15, 0.2) is 6.61 Å². The molecule has 0 aliphatic carbocycles. The third kappa shape index (κ3) is 3.80. The number of nitrogens with zero attached hydrogens (tertiary/aromatic N) is 3. The van der Waals surface area contributed by atoms with Crippen LogP contribution in [0.25, 0.3) is 0 Å². The first kappa shape index (κ1) is 14.9. The number of aliphatic hydroxyl groups is 1. The third-order valence-corrected chi connectivity index (χ3v) is 3.68. The third-order valence-electron chi connectivity index (χ3n) is 3.68. The molecule has 22 heavy (non-hydrogen) atoms. The first-order valence-corrected chi connectivity index (χ1v) is 7.26. The molecule has 1 aliphatic heterocycles. The van der Waals surface area contributed by atoms with Crippen LogP contribution >= 0.6 is 0 Å². The van der Waals surface area contributed by atoms with E-state index in [9.17, 15) is 4.39 Å². The number of halogens is 1. The van der Waals surface area contributed by atoms with Crippen molar-refractivity contribution in [2.45, 2.75) is 19.6 Å². The van der Waals surface area contributed by atoms with Crippen LogP contribution in [0, 0.1) is 11.7 Å². The second-order valence-electron chi connectivity index (χ2n) is 5.42. The molecule has 0 radical (unpaired) electrons. The van der Waals surface area contributed by atoms with Crippen LogP contribution in [0.4, 0.5) is 4.39 Å². The summed E-state index contributed by atoms with van der Waals surface area (Å²) in [6.45, 7) is 2.75. The van der Waals surface area contributed by atoms with Gasteiger partial charge in [-0.2, -0.15) is 4.98 Å². The number of aliphatic hydroxyl groups excluding tert-OH is 1. The molecule has 7 heteroatoms. The highest BCUT2D eigenvalue weighted by Gasteiger charge is 2.23. The monoisotopic (exact) mass is 307 g/mol. The van der Waals surface area contributed by atoms with Crippen molar-refractivity contribution in [3.05, 3.63) is 41.8 Å². The van der Waals surface area contributed by atoms with E-state index in [0.29, 0.717) is 29.9 Å². The van der Waals surface area contributed by atoms with Crippen LogP contribution in [-0.2, 0) is 13.2 Å². The predicted molar refractivity (Wildman–Crippen MR) is 75.5 cm³/mol. The van der Waals surface area contributed by atoms with Crippen molar-refractivity contribution in [3.8, 4) is 5.75 Å². The number of rotatable bonds is 6. The molecule has 1 aromatic heterocycles. The van der Waals surface area contributed by atoms with Gasteiger partial charge in [-0.15, -0.1) is 0 Å². The van der Waals surface area contributed by atoms with Crippen molar-refractivity contribution in [1.82, 2.24) is 15.0 Å². The van der Waals surface area contributed by atoms with Gasteiger partial charge in [0.1, 0.15) is 11.6 Å². The number of benzene rings is 1. The van der Waals surface area contributed by atoms with Gasteiger partial charge in [0.05, 0.1) is 6.54 Å². The minimum Gasteiger partial charge on any atom is -0.485 e. The molecule has 0 bridgehead atoms. The maximum absolute atomic E-state index is 12.8. The summed E-state index contributed by atoms with van der Waals surface area (Å²) in [7, 11) is 0.